The molecule has 0 aliphatic carbocycles. The average Bonchev–Trinajstić information content (AvgIpc) is 2.41. The molecule has 0 bridgehead atoms. The molecule has 0 spiro atoms. The minimum atomic E-state index is 0.0133. The quantitative estimate of drug-likeness (QED) is 0.874. The van der Waals surface area contributed by atoms with Crippen LogP contribution < -0.4 is 15.6 Å². The predicted molar refractivity (Wildman–Crippen MR) is 72.2 cm³/mol. The second-order valence-electron chi connectivity index (χ2n) is 3.86. The van der Waals surface area contributed by atoms with E-state index in [4.69, 9.17) is 4.74 Å². The molecule has 0 saturated heterocycles. The largest absolute Gasteiger partial charge is 0.495 e. The Balaban J connectivity index is 1.97. The molecule has 94 valence electrons. The predicted octanol–water partition coefficient (Wildman–Crippen LogP) is 1.97. The molecule has 1 heterocycles. The molecule has 0 amide bonds. The molecular weight excluding hydrogens is 228 g/mol. The summed E-state index contributed by atoms with van der Waals surface area (Å²) in [6, 6.07) is 12.9. The van der Waals surface area contributed by atoms with Crippen LogP contribution in [0.2, 0.25) is 0 Å². The van der Waals surface area contributed by atoms with Gasteiger partial charge in [-0.25, -0.2) is 0 Å². The lowest BCUT2D eigenvalue weighted by Gasteiger charge is -2.11. The van der Waals surface area contributed by atoms with E-state index in [2.05, 4.69) is 5.32 Å². The van der Waals surface area contributed by atoms with Crippen molar-refractivity contribution < 1.29 is 4.74 Å². The molecule has 2 aromatic rings. The molecule has 4 nitrogen and oxygen atoms in total. The molecule has 18 heavy (non-hydrogen) atoms. The van der Waals surface area contributed by atoms with Crippen LogP contribution in [0.25, 0.3) is 0 Å². The van der Waals surface area contributed by atoms with Crippen molar-refractivity contribution in [3.8, 4) is 5.75 Å². The summed E-state index contributed by atoms with van der Waals surface area (Å²) in [7, 11) is 1.64. The van der Waals surface area contributed by atoms with Gasteiger partial charge in [-0.3, -0.25) is 4.79 Å². The zero-order chi connectivity index (χ0) is 12.8. The van der Waals surface area contributed by atoms with Crippen molar-refractivity contribution in [2.45, 2.75) is 6.54 Å². The zero-order valence-corrected chi connectivity index (χ0v) is 10.3. The fourth-order valence-corrected chi connectivity index (χ4v) is 1.75. The standard InChI is InChI=1S/C14H16N2O2/c1-18-13-7-3-2-6-12(13)15-9-11-16-10-5-4-8-14(16)17/h2-8,10,15H,9,11H2,1H3. The SMILES string of the molecule is COc1ccccc1NCCn1ccccc1=O. The van der Waals surface area contributed by atoms with Crippen molar-refractivity contribution in [3.05, 3.63) is 59.0 Å². The van der Waals surface area contributed by atoms with E-state index in [1.807, 2.05) is 30.3 Å². The topological polar surface area (TPSA) is 43.3 Å². The van der Waals surface area contributed by atoms with E-state index in [0.717, 1.165) is 11.4 Å². The second-order valence-corrected chi connectivity index (χ2v) is 3.86. The smallest absolute Gasteiger partial charge is 0.250 e. The highest BCUT2D eigenvalue weighted by Crippen LogP contribution is 2.22. The normalized spacial score (nSPS) is 10.1. The van der Waals surface area contributed by atoms with Gasteiger partial charge in [0, 0.05) is 25.4 Å². The number of ether oxygens (including phenoxy) is 1. The van der Waals surface area contributed by atoms with Crippen molar-refractivity contribution in [1.82, 2.24) is 4.57 Å². The molecule has 0 fully saturated rings. The summed E-state index contributed by atoms with van der Waals surface area (Å²) in [5.41, 5.74) is 0.948. The van der Waals surface area contributed by atoms with Crippen molar-refractivity contribution in [2.75, 3.05) is 19.0 Å². The molecule has 1 aromatic heterocycles. The van der Waals surface area contributed by atoms with Crippen LogP contribution in [0, 0.1) is 0 Å². The Morgan fingerprint density at radius 1 is 1.17 bits per heavy atom. The first kappa shape index (κ1) is 12.2. The van der Waals surface area contributed by atoms with Gasteiger partial charge >= 0.3 is 0 Å². The van der Waals surface area contributed by atoms with Crippen LogP contribution >= 0.6 is 0 Å². The summed E-state index contributed by atoms with van der Waals surface area (Å²) < 4.78 is 6.91. The minimum Gasteiger partial charge on any atom is -0.495 e. The van der Waals surface area contributed by atoms with Crippen molar-refractivity contribution in [2.24, 2.45) is 0 Å². The summed E-state index contributed by atoms with van der Waals surface area (Å²) in [6.07, 6.45) is 1.78. The number of anilines is 1. The van der Waals surface area contributed by atoms with Crippen LogP contribution in [0.4, 0.5) is 5.69 Å². The maximum absolute atomic E-state index is 11.5. The molecular formula is C14H16N2O2. The third kappa shape index (κ3) is 2.91. The summed E-state index contributed by atoms with van der Waals surface area (Å²) >= 11 is 0. The highest BCUT2D eigenvalue weighted by atomic mass is 16.5. The Bertz CT molecular complexity index is 563. The van der Waals surface area contributed by atoms with Crippen LogP contribution in [0.1, 0.15) is 0 Å². The number of benzene rings is 1. The van der Waals surface area contributed by atoms with Crippen LogP contribution in [-0.4, -0.2) is 18.2 Å². The molecule has 0 aliphatic heterocycles. The van der Waals surface area contributed by atoms with Gasteiger partial charge in [-0.2, -0.15) is 0 Å². The maximum atomic E-state index is 11.5. The highest BCUT2D eigenvalue weighted by Gasteiger charge is 2.00. The molecule has 0 aliphatic rings. The lowest BCUT2D eigenvalue weighted by molar-refractivity contribution is 0.416. The van der Waals surface area contributed by atoms with E-state index in [9.17, 15) is 4.79 Å². The van der Waals surface area contributed by atoms with E-state index in [0.29, 0.717) is 13.1 Å². The summed E-state index contributed by atoms with van der Waals surface area (Å²) in [4.78, 5) is 11.5. The van der Waals surface area contributed by atoms with E-state index in [1.54, 1.807) is 30.0 Å². The Morgan fingerprint density at radius 2 is 1.94 bits per heavy atom. The molecule has 4 heteroatoms. The fourth-order valence-electron chi connectivity index (χ4n) is 1.75. The van der Waals surface area contributed by atoms with Gasteiger partial charge in [-0.05, 0) is 18.2 Å². The average molecular weight is 244 g/mol. The van der Waals surface area contributed by atoms with Gasteiger partial charge in [0.2, 0.25) is 0 Å². The van der Waals surface area contributed by atoms with Gasteiger partial charge in [0.15, 0.2) is 0 Å². The number of hydrogen-bond donors (Lipinski definition) is 1. The molecule has 0 atom stereocenters. The van der Waals surface area contributed by atoms with E-state index in [1.165, 1.54) is 0 Å². The maximum Gasteiger partial charge on any atom is 0.250 e. The van der Waals surface area contributed by atoms with Crippen molar-refractivity contribution in [1.29, 1.82) is 0 Å². The van der Waals surface area contributed by atoms with Crippen LogP contribution in [0.15, 0.2) is 53.5 Å². The number of nitrogens with one attached hydrogen (secondary N) is 1. The van der Waals surface area contributed by atoms with E-state index >= 15 is 0 Å². The Morgan fingerprint density at radius 3 is 2.72 bits per heavy atom. The zero-order valence-electron chi connectivity index (χ0n) is 10.3. The van der Waals surface area contributed by atoms with Gasteiger partial charge in [-0.1, -0.05) is 18.2 Å². The number of hydrogen-bond acceptors (Lipinski definition) is 3. The van der Waals surface area contributed by atoms with Crippen molar-refractivity contribution in [3.63, 3.8) is 0 Å². The number of methoxy groups -OCH3 is 1. The fraction of sp³-hybridized carbons (Fsp3) is 0.214. The molecule has 2 rings (SSSR count). The number of para-hydroxylation sites is 2. The third-order valence-corrected chi connectivity index (χ3v) is 2.67. The lowest BCUT2D eigenvalue weighted by atomic mass is 10.3. The second kappa shape index (κ2) is 5.91. The van der Waals surface area contributed by atoms with Crippen LogP contribution in [-0.2, 0) is 6.54 Å². The van der Waals surface area contributed by atoms with Gasteiger partial charge in [-0.15, -0.1) is 0 Å². The minimum absolute atomic E-state index is 0.0133. The highest BCUT2D eigenvalue weighted by molar-refractivity contribution is 5.55. The Labute approximate surface area is 106 Å². The van der Waals surface area contributed by atoms with Gasteiger partial charge < -0.3 is 14.6 Å². The number of pyridine rings is 1. The van der Waals surface area contributed by atoms with Gasteiger partial charge in [0.1, 0.15) is 5.75 Å². The van der Waals surface area contributed by atoms with E-state index < -0.39 is 0 Å². The Kier molecular flexibility index (Phi) is 4.02. The third-order valence-electron chi connectivity index (χ3n) is 2.67. The molecule has 0 unspecified atom stereocenters. The number of nitrogens with zero attached hydrogens (tertiary/aromatic N) is 1. The summed E-state index contributed by atoms with van der Waals surface area (Å²) in [6.45, 7) is 1.29. The van der Waals surface area contributed by atoms with Crippen LogP contribution in [0.5, 0.6) is 5.75 Å². The molecule has 0 saturated carbocycles. The first-order chi connectivity index (χ1) is 8.81. The van der Waals surface area contributed by atoms with Crippen molar-refractivity contribution >= 4 is 5.69 Å². The molecule has 0 radical (unpaired) electrons. The van der Waals surface area contributed by atoms with Gasteiger partial charge in [0.05, 0.1) is 12.8 Å². The lowest BCUT2D eigenvalue weighted by Crippen LogP contribution is -2.22. The molecule has 1 N–H and O–H groups in total. The van der Waals surface area contributed by atoms with Crippen LogP contribution in [0.3, 0.4) is 0 Å². The summed E-state index contributed by atoms with van der Waals surface area (Å²) in [5.74, 6) is 0.804. The first-order valence-electron chi connectivity index (χ1n) is 5.83. The summed E-state index contributed by atoms with van der Waals surface area (Å²) in [5, 5.41) is 3.26. The number of aromatic nitrogens is 1. The van der Waals surface area contributed by atoms with E-state index in [-0.39, 0.29) is 5.56 Å². The Hall–Kier alpha value is -2.23. The molecule has 1 aromatic carbocycles. The first-order valence-corrected chi connectivity index (χ1v) is 5.83. The monoisotopic (exact) mass is 244 g/mol. The number of rotatable bonds is 5. The van der Waals surface area contributed by atoms with Gasteiger partial charge in [0.25, 0.3) is 5.56 Å².